The van der Waals surface area contributed by atoms with Crippen LogP contribution >= 0.6 is 0 Å². The zero-order valence-corrected chi connectivity index (χ0v) is 15.1. The number of carbonyl (C=O) groups is 2. The van der Waals surface area contributed by atoms with E-state index in [9.17, 15) is 9.59 Å². The van der Waals surface area contributed by atoms with Crippen LogP contribution in [0.15, 0.2) is 54.6 Å². The smallest absolute Gasteiger partial charge is 0.267 e. The number of hydrogen-bond acceptors (Lipinski definition) is 3. The number of rotatable bonds is 6. The largest absolute Gasteiger partial charge is 0.349 e. The van der Waals surface area contributed by atoms with E-state index in [1.54, 1.807) is 11.6 Å². The molecular formula is C22H22N2O3. The second-order valence-corrected chi connectivity index (χ2v) is 6.65. The van der Waals surface area contributed by atoms with E-state index in [1.165, 1.54) is 6.08 Å². The van der Waals surface area contributed by atoms with Crippen molar-refractivity contribution in [3.8, 4) is 0 Å². The van der Waals surface area contributed by atoms with Gasteiger partial charge in [-0.3, -0.25) is 14.8 Å². The monoisotopic (exact) mass is 362 g/mol. The molecule has 1 aliphatic carbocycles. The van der Waals surface area contributed by atoms with Gasteiger partial charge in [-0.1, -0.05) is 54.1 Å². The molecule has 3 rings (SSSR count). The van der Waals surface area contributed by atoms with Crippen LogP contribution in [0.5, 0.6) is 0 Å². The van der Waals surface area contributed by atoms with E-state index in [0.29, 0.717) is 5.57 Å². The summed E-state index contributed by atoms with van der Waals surface area (Å²) in [4.78, 5) is 23.7. The molecule has 5 nitrogen and oxygen atoms in total. The number of hydrogen-bond donors (Lipinski definition) is 3. The molecule has 2 amide bonds. The minimum atomic E-state index is -0.586. The molecule has 1 aliphatic rings. The fraction of sp³-hybridized carbons (Fsp3) is 0.182. The van der Waals surface area contributed by atoms with E-state index in [-0.39, 0.29) is 11.9 Å². The quantitative estimate of drug-likeness (QED) is 0.319. The molecule has 138 valence electrons. The van der Waals surface area contributed by atoms with Crippen molar-refractivity contribution >= 4 is 29.5 Å². The van der Waals surface area contributed by atoms with Crippen molar-refractivity contribution in [1.82, 2.24) is 10.8 Å². The third-order valence-corrected chi connectivity index (χ3v) is 4.30. The van der Waals surface area contributed by atoms with Gasteiger partial charge >= 0.3 is 0 Å². The Labute approximate surface area is 158 Å². The summed E-state index contributed by atoms with van der Waals surface area (Å²) < 4.78 is 0. The van der Waals surface area contributed by atoms with E-state index in [1.807, 2.05) is 61.5 Å². The van der Waals surface area contributed by atoms with Crippen molar-refractivity contribution in [3.63, 3.8) is 0 Å². The Kier molecular flexibility index (Phi) is 5.84. The van der Waals surface area contributed by atoms with Crippen LogP contribution in [-0.2, 0) is 9.59 Å². The Morgan fingerprint density at radius 3 is 2.22 bits per heavy atom. The molecule has 5 heteroatoms. The normalized spacial score (nSPS) is 14.2. The highest BCUT2D eigenvalue weighted by Crippen LogP contribution is 2.24. The molecule has 0 aliphatic heterocycles. The Balaban J connectivity index is 1.85. The van der Waals surface area contributed by atoms with Crippen LogP contribution < -0.4 is 10.8 Å². The maximum absolute atomic E-state index is 12.7. The number of amides is 2. The molecule has 27 heavy (non-hydrogen) atoms. The third-order valence-electron chi connectivity index (χ3n) is 4.30. The fourth-order valence-electron chi connectivity index (χ4n) is 2.58. The van der Waals surface area contributed by atoms with Crippen LogP contribution in [0.3, 0.4) is 0 Å². The Hall–Kier alpha value is -3.18. The first kappa shape index (κ1) is 18.6. The number of aryl methyl sites for hydroxylation is 1. The molecular weight excluding hydrogens is 340 g/mol. The van der Waals surface area contributed by atoms with Gasteiger partial charge in [0.05, 0.1) is 0 Å². The first-order valence-electron chi connectivity index (χ1n) is 8.87. The van der Waals surface area contributed by atoms with E-state index in [0.717, 1.165) is 35.1 Å². The van der Waals surface area contributed by atoms with Gasteiger partial charge in [0.1, 0.15) is 0 Å². The molecule has 0 heterocycles. The average molecular weight is 362 g/mol. The summed E-state index contributed by atoms with van der Waals surface area (Å²) in [7, 11) is 0. The minimum Gasteiger partial charge on any atom is -0.349 e. The summed E-state index contributed by atoms with van der Waals surface area (Å²) in [6.45, 7) is 2.01. The molecule has 2 aromatic rings. The number of nitrogens with one attached hydrogen (secondary N) is 2. The van der Waals surface area contributed by atoms with Gasteiger partial charge in [-0.25, -0.2) is 5.48 Å². The van der Waals surface area contributed by atoms with Gasteiger partial charge in [0, 0.05) is 17.7 Å². The van der Waals surface area contributed by atoms with Gasteiger partial charge in [0.15, 0.2) is 0 Å². The fourth-order valence-corrected chi connectivity index (χ4v) is 2.58. The molecule has 0 bridgehead atoms. The van der Waals surface area contributed by atoms with Crippen molar-refractivity contribution in [2.24, 2.45) is 0 Å². The van der Waals surface area contributed by atoms with Crippen LogP contribution in [-0.4, -0.2) is 23.1 Å². The minimum absolute atomic E-state index is 0.0649. The van der Waals surface area contributed by atoms with E-state index < -0.39 is 5.91 Å². The Bertz CT molecular complexity index is 877. The summed E-state index contributed by atoms with van der Waals surface area (Å²) in [5, 5.41) is 11.6. The van der Waals surface area contributed by atoms with Crippen molar-refractivity contribution in [1.29, 1.82) is 0 Å². The predicted octanol–water partition coefficient (Wildman–Crippen LogP) is 3.33. The lowest BCUT2D eigenvalue weighted by Gasteiger charge is -2.10. The maximum Gasteiger partial charge on any atom is 0.267 e. The lowest BCUT2D eigenvalue weighted by molar-refractivity contribution is -0.124. The van der Waals surface area contributed by atoms with Crippen LogP contribution in [0.1, 0.15) is 35.1 Å². The zero-order chi connectivity index (χ0) is 19.2. The van der Waals surface area contributed by atoms with Crippen LogP contribution in [0, 0.1) is 6.92 Å². The molecule has 0 spiro atoms. The first-order valence-corrected chi connectivity index (χ1v) is 8.87. The number of benzene rings is 2. The molecule has 0 saturated heterocycles. The summed E-state index contributed by atoms with van der Waals surface area (Å²) in [5.74, 6) is -0.651. The second-order valence-electron chi connectivity index (χ2n) is 6.65. The standard InChI is InChI=1S/C22H22N2O3/c1-15-2-9-18(10-3-15)20(22(26)23-19-11-12-19)14-17-6-4-16(5-7-17)8-13-21(25)24-27/h2-10,13-14,19,27H,11-12H2,1H3,(H,23,26)(H,24,25)/b13-8+,20-14+. The van der Waals surface area contributed by atoms with Gasteiger partial charge in [-0.15, -0.1) is 0 Å². The molecule has 1 saturated carbocycles. The van der Waals surface area contributed by atoms with Crippen LogP contribution in [0.2, 0.25) is 0 Å². The van der Waals surface area contributed by atoms with Crippen molar-refractivity contribution in [3.05, 3.63) is 76.9 Å². The maximum atomic E-state index is 12.7. The number of hydroxylamine groups is 1. The molecule has 0 atom stereocenters. The van der Waals surface area contributed by atoms with Gasteiger partial charge in [-0.05, 0) is 48.6 Å². The molecule has 0 unspecified atom stereocenters. The highest BCUT2D eigenvalue weighted by atomic mass is 16.5. The highest BCUT2D eigenvalue weighted by molar-refractivity contribution is 6.24. The van der Waals surface area contributed by atoms with Gasteiger partial charge in [0.2, 0.25) is 0 Å². The second kappa shape index (κ2) is 8.47. The van der Waals surface area contributed by atoms with Crippen molar-refractivity contribution in [2.75, 3.05) is 0 Å². The van der Waals surface area contributed by atoms with E-state index in [2.05, 4.69) is 5.32 Å². The molecule has 0 radical (unpaired) electrons. The zero-order valence-electron chi connectivity index (χ0n) is 15.1. The summed E-state index contributed by atoms with van der Waals surface area (Å²) in [5.41, 5.74) is 5.90. The summed E-state index contributed by atoms with van der Waals surface area (Å²) >= 11 is 0. The topological polar surface area (TPSA) is 78.4 Å². The molecule has 3 N–H and O–H groups in total. The van der Waals surface area contributed by atoms with Crippen LogP contribution in [0.25, 0.3) is 17.7 Å². The Morgan fingerprint density at radius 1 is 1.00 bits per heavy atom. The third kappa shape index (κ3) is 5.39. The van der Waals surface area contributed by atoms with Crippen molar-refractivity contribution in [2.45, 2.75) is 25.8 Å². The summed E-state index contributed by atoms with van der Waals surface area (Å²) in [6.07, 6.45) is 6.78. The SMILES string of the molecule is Cc1ccc(/C(=C\c2ccc(/C=C/C(=O)NO)cc2)C(=O)NC2CC2)cc1. The van der Waals surface area contributed by atoms with Crippen molar-refractivity contribution < 1.29 is 14.8 Å². The van der Waals surface area contributed by atoms with Crippen LogP contribution in [0.4, 0.5) is 0 Å². The molecule has 0 aromatic heterocycles. The lowest BCUT2D eigenvalue weighted by Crippen LogP contribution is -2.26. The Morgan fingerprint density at radius 2 is 1.63 bits per heavy atom. The average Bonchev–Trinajstić information content (AvgIpc) is 3.50. The number of carbonyl (C=O) groups excluding carboxylic acids is 2. The van der Waals surface area contributed by atoms with Gasteiger partial charge in [-0.2, -0.15) is 0 Å². The molecule has 1 fully saturated rings. The summed E-state index contributed by atoms with van der Waals surface area (Å²) in [6, 6.07) is 15.6. The lowest BCUT2D eigenvalue weighted by atomic mass is 10.00. The van der Waals surface area contributed by atoms with E-state index in [4.69, 9.17) is 5.21 Å². The first-order chi connectivity index (χ1) is 13.0. The van der Waals surface area contributed by atoms with E-state index >= 15 is 0 Å². The molecule has 2 aromatic carbocycles. The highest BCUT2D eigenvalue weighted by Gasteiger charge is 2.25. The predicted molar refractivity (Wildman–Crippen MR) is 106 cm³/mol. The van der Waals surface area contributed by atoms with Gasteiger partial charge < -0.3 is 5.32 Å². The van der Waals surface area contributed by atoms with Gasteiger partial charge in [0.25, 0.3) is 11.8 Å².